The number of halogens is 6. The number of nitrogens with zero attached hydrogens (tertiary/aromatic N) is 1. The molecule has 0 saturated carbocycles. The maximum atomic E-state index is 12.8. The van der Waals surface area contributed by atoms with Crippen molar-refractivity contribution in [3.63, 3.8) is 0 Å². The van der Waals surface area contributed by atoms with Crippen LogP contribution in [0.4, 0.5) is 26.3 Å². The van der Waals surface area contributed by atoms with E-state index < -0.39 is 36.3 Å². The minimum atomic E-state index is -4.41. The number of hydrogen-bond acceptors (Lipinski definition) is 2. The Morgan fingerprint density at radius 2 is 1.52 bits per heavy atom. The fraction of sp³-hybridized carbons (Fsp3) is 0.409. The van der Waals surface area contributed by atoms with Gasteiger partial charge >= 0.3 is 12.4 Å². The van der Waals surface area contributed by atoms with Crippen LogP contribution in [0.5, 0.6) is 0 Å². The van der Waals surface area contributed by atoms with Crippen LogP contribution in [0.15, 0.2) is 48.5 Å². The first-order chi connectivity index (χ1) is 14.5. The Balaban J connectivity index is 1.43. The van der Waals surface area contributed by atoms with Gasteiger partial charge in [-0.1, -0.05) is 42.5 Å². The summed E-state index contributed by atoms with van der Waals surface area (Å²) in [6.45, 7) is 0.0726. The van der Waals surface area contributed by atoms with E-state index in [1.807, 2.05) is 34.5 Å². The fourth-order valence-electron chi connectivity index (χ4n) is 3.46. The van der Waals surface area contributed by atoms with E-state index in [9.17, 15) is 31.1 Å². The third kappa shape index (κ3) is 6.99. The van der Waals surface area contributed by atoms with Crippen LogP contribution in [0.1, 0.15) is 22.3 Å². The van der Waals surface area contributed by atoms with E-state index in [0.717, 1.165) is 17.2 Å². The third-order valence-corrected chi connectivity index (χ3v) is 5.18. The molecule has 0 atom stereocenters. The molecule has 0 bridgehead atoms. The molecule has 1 aliphatic heterocycles. The van der Waals surface area contributed by atoms with Gasteiger partial charge in [0.2, 0.25) is 5.91 Å². The molecule has 3 rings (SSSR count). The zero-order valence-electron chi connectivity index (χ0n) is 16.6. The van der Waals surface area contributed by atoms with Gasteiger partial charge in [-0.25, -0.2) is 0 Å². The zero-order chi connectivity index (χ0) is 22.6. The standard InChI is InChI=1S/C22H22F6N2O/c23-21(24,25)14-29-20(31)18-12-30(13-18)11-17-8-5-15(6-9-17)4-7-16-2-1-3-19(10-16)22(26,27)28/h1-3,5-6,8-10,18H,4,7,11-14H2,(H,29,31). The molecule has 2 aromatic carbocycles. The van der Waals surface area contributed by atoms with Crippen molar-refractivity contribution in [3.05, 3.63) is 70.8 Å². The third-order valence-electron chi connectivity index (χ3n) is 5.18. The lowest BCUT2D eigenvalue weighted by Gasteiger charge is -2.38. The van der Waals surface area contributed by atoms with Gasteiger partial charge in [0.15, 0.2) is 0 Å². The van der Waals surface area contributed by atoms with Crippen molar-refractivity contribution in [1.29, 1.82) is 0 Å². The summed E-state index contributed by atoms with van der Waals surface area (Å²) < 4.78 is 74.8. The summed E-state index contributed by atoms with van der Waals surface area (Å²) in [6, 6.07) is 13.0. The predicted molar refractivity (Wildman–Crippen MR) is 103 cm³/mol. The first-order valence-corrected chi connectivity index (χ1v) is 9.80. The summed E-state index contributed by atoms with van der Waals surface area (Å²) in [7, 11) is 0. The Bertz CT molecular complexity index is 886. The van der Waals surface area contributed by atoms with Gasteiger partial charge in [-0.2, -0.15) is 26.3 Å². The van der Waals surface area contributed by atoms with Gasteiger partial charge in [0.25, 0.3) is 0 Å². The minimum absolute atomic E-state index is 0.404. The smallest absolute Gasteiger partial charge is 0.347 e. The zero-order valence-corrected chi connectivity index (χ0v) is 16.6. The lowest BCUT2D eigenvalue weighted by molar-refractivity contribution is -0.144. The topological polar surface area (TPSA) is 32.3 Å². The number of likely N-dealkylation sites (tertiary alicyclic amines) is 1. The van der Waals surface area contributed by atoms with E-state index in [2.05, 4.69) is 0 Å². The molecule has 168 valence electrons. The normalized spacial score (nSPS) is 15.5. The molecule has 1 aliphatic rings. The number of carbonyl (C=O) groups excluding carboxylic acids is 1. The van der Waals surface area contributed by atoms with E-state index in [-0.39, 0.29) is 0 Å². The summed E-state index contributed by atoms with van der Waals surface area (Å²) >= 11 is 0. The second-order valence-corrected chi connectivity index (χ2v) is 7.74. The molecule has 3 nitrogen and oxygen atoms in total. The van der Waals surface area contributed by atoms with E-state index in [1.54, 1.807) is 6.07 Å². The Hall–Kier alpha value is -2.55. The lowest BCUT2D eigenvalue weighted by Crippen LogP contribution is -2.53. The molecule has 0 aliphatic carbocycles. The van der Waals surface area contributed by atoms with Crippen molar-refractivity contribution in [3.8, 4) is 0 Å². The molecule has 1 N–H and O–H groups in total. The van der Waals surface area contributed by atoms with Gasteiger partial charge < -0.3 is 5.32 Å². The molecule has 0 spiro atoms. The van der Waals surface area contributed by atoms with Crippen molar-refractivity contribution >= 4 is 5.91 Å². The quantitative estimate of drug-likeness (QED) is 0.633. The van der Waals surface area contributed by atoms with Crippen molar-refractivity contribution in [1.82, 2.24) is 10.2 Å². The number of carbonyl (C=O) groups is 1. The van der Waals surface area contributed by atoms with E-state index in [4.69, 9.17) is 0 Å². The van der Waals surface area contributed by atoms with Crippen LogP contribution in [0, 0.1) is 5.92 Å². The van der Waals surface area contributed by atoms with E-state index >= 15 is 0 Å². The maximum Gasteiger partial charge on any atom is 0.416 e. The molecule has 31 heavy (non-hydrogen) atoms. The Morgan fingerprint density at radius 3 is 2.13 bits per heavy atom. The van der Waals surface area contributed by atoms with Crippen molar-refractivity contribution < 1.29 is 31.1 Å². The highest BCUT2D eigenvalue weighted by molar-refractivity contribution is 5.80. The molecule has 1 fully saturated rings. The summed E-state index contributed by atoms with van der Waals surface area (Å²) in [4.78, 5) is 13.6. The van der Waals surface area contributed by atoms with Crippen molar-refractivity contribution in [2.24, 2.45) is 5.92 Å². The van der Waals surface area contributed by atoms with Crippen molar-refractivity contribution in [2.45, 2.75) is 31.7 Å². The second kappa shape index (κ2) is 9.30. The highest BCUT2D eigenvalue weighted by Crippen LogP contribution is 2.29. The van der Waals surface area contributed by atoms with Gasteiger partial charge in [-0.15, -0.1) is 0 Å². The predicted octanol–water partition coefficient (Wildman–Crippen LogP) is 4.60. The van der Waals surface area contributed by atoms with Gasteiger partial charge in [-0.3, -0.25) is 9.69 Å². The summed E-state index contributed by atoms with van der Waals surface area (Å²) in [5.41, 5.74) is 1.96. The molecular formula is C22H22F6N2O. The molecule has 0 radical (unpaired) electrons. The van der Waals surface area contributed by atoms with Crippen LogP contribution in [0.25, 0.3) is 0 Å². The Morgan fingerprint density at radius 1 is 0.903 bits per heavy atom. The highest BCUT2D eigenvalue weighted by Gasteiger charge is 2.35. The summed E-state index contributed by atoms with van der Waals surface area (Å²) in [5.74, 6) is -1.02. The van der Waals surface area contributed by atoms with Crippen molar-refractivity contribution in [2.75, 3.05) is 19.6 Å². The first kappa shape index (κ1) is 23.1. The first-order valence-electron chi connectivity index (χ1n) is 9.80. The van der Waals surface area contributed by atoms with Crippen LogP contribution < -0.4 is 5.32 Å². The van der Waals surface area contributed by atoms with Gasteiger partial charge in [0, 0.05) is 19.6 Å². The lowest BCUT2D eigenvalue weighted by atomic mass is 9.97. The number of rotatable bonds is 7. The average molecular weight is 444 g/mol. The maximum absolute atomic E-state index is 12.8. The van der Waals surface area contributed by atoms with E-state index in [1.165, 1.54) is 12.1 Å². The SMILES string of the molecule is O=C(NCC(F)(F)F)C1CN(Cc2ccc(CCc3cccc(C(F)(F)F)c3)cc2)C1. The number of nitrogens with one attached hydrogen (secondary N) is 1. The molecule has 1 amide bonds. The number of alkyl halides is 6. The fourth-order valence-corrected chi connectivity index (χ4v) is 3.46. The molecule has 0 aromatic heterocycles. The van der Waals surface area contributed by atoms with Gasteiger partial charge in [0.05, 0.1) is 11.5 Å². The van der Waals surface area contributed by atoms with Gasteiger partial charge in [0.1, 0.15) is 6.54 Å². The second-order valence-electron chi connectivity index (χ2n) is 7.74. The Labute approximate surface area is 176 Å². The molecule has 1 heterocycles. The number of amides is 1. The van der Waals surface area contributed by atoms with Crippen LogP contribution in [0.3, 0.4) is 0 Å². The molecule has 9 heteroatoms. The van der Waals surface area contributed by atoms with Crippen LogP contribution in [0.2, 0.25) is 0 Å². The number of benzene rings is 2. The number of aryl methyl sites for hydroxylation is 2. The Kier molecular flexibility index (Phi) is 6.93. The molecule has 1 saturated heterocycles. The minimum Gasteiger partial charge on any atom is -0.347 e. The van der Waals surface area contributed by atoms with Gasteiger partial charge in [-0.05, 0) is 35.6 Å². The molecule has 2 aromatic rings. The highest BCUT2D eigenvalue weighted by atomic mass is 19.4. The summed E-state index contributed by atoms with van der Waals surface area (Å²) in [5, 5.41) is 1.90. The van der Waals surface area contributed by atoms with E-state index in [0.29, 0.717) is 38.0 Å². The van der Waals surface area contributed by atoms with Crippen LogP contribution in [-0.2, 0) is 30.4 Å². The monoisotopic (exact) mass is 444 g/mol. The number of hydrogen-bond donors (Lipinski definition) is 1. The van der Waals surface area contributed by atoms with Crippen LogP contribution in [-0.4, -0.2) is 36.6 Å². The summed E-state index contributed by atoms with van der Waals surface area (Å²) in [6.07, 6.45) is -7.68. The average Bonchev–Trinajstić information content (AvgIpc) is 2.67. The molecule has 0 unspecified atom stereocenters. The van der Waals surface area contributed by atoms with Crippen LogP contribution >= 0.6 is 0 Å². The molecular weight excluding hydrogens is 422 g/mol. The largest absolute Gasteiger partial charge is 0.416 e.